The molecule has 0 unspecified atom stereocenters. The summed E-state index contributed by atoms with van der Waals surface area (Å²) in [6.45, 7) is 10.2. The van der Waals surface area contributed by atoms with Crippen molar-refractivity contribution in [2.24, 2.45) is 0 Å². The molecule has 1 heterocycles. The van der Waals surface area contributed by atoms with Crippen molar-refractivity contribution >= 4 is 23.7 Å². The maximum atomic E-state index is 12.5. The molecule has 2 fully saturated rings. The van der Waals surface area contributed by atoms with E-state index in [1.54, 1.807) is 11.8 Å². The molecule has 0 spiro atoms. The third-order valence-electron chi connectivity index (χ3n) is 5.46. The minimum Gasteiger partial charge on any atom is -0.507 e. The summed E-state index contributed by atoms with van der Waals surface area (Å²) in [6, 6.07) is 4.44. The number of thioether (sulfide) groups is 1. The van der Waals surface area contributed by atoms with Gasteiger partial charge in [-0.2, -0.15) is 0 Å². The Morgan fingerprint density at radius 1 is 1.26 bits per heavy atom. The monoisotopic (exact) mass is 385 g/mol. The van der Waals surface area contributed by atoms with Crippen molar-refractivity contribution in [1.82, 2.24) is 4.90 Å². The van der Waals surface area contributed by atoms with Gasteiger partial charge in [-0.1, -0.05) is 57.9 Å². The molecule has 1 aliphatic carbocycles. The minimum absolute atomic E-state index is 0.157. The molecule has 1 aromatic carbocycles. The summed E-state index contributed by atoms with van der Waals surface area (Å²) in [7, 11) is 0. The molecular weight excluding hydrogens is 354 g/mol. The molecule has 2 aliphatic rings. The molecule has 1 amide bonds. The van der Waals surface area contributed by atoms with E-state index < -0.39 is 0 Å². The lowest BCUT2D eigenvalue weighted by atomic mass is 9.83. The molecule has 0 radical (unpaired) electrons. The van der Waals surface area contributed by atoms with Crippen LogP contribution in [-0.4, -0.2) is 27.7 Å². The van der Waals surface area contributed by atoms with Crippen molar-refractivity contribution in [3.63, 3.8) is 0 Å². The van der Waals surface area contributed by atoms with Crippen molar-refractivity contribution in [2.75, 3.05) is 5.75 Å². The van der Waals surface area contributed by atoms with Gasteiger partial charge in [-0.3, -0.25) is 4.79 Å². The number of carbonyl (C=O) groups excluding carboxylic acids is 1. The molecule has 0 aromatic heterocycles. The van der Waals surface area contributed by atoms with E-state index in [9.17, 15) is 9.90 Å². The number of hydrogen-bond acceptors (Lipinski definition) is 3. The van der Waals surface area contributed by atoms with E-state index in [4.69, 9.17) is 0 Å². The third-order valence-corrected chi connectivity index (χ3v) is 6.46. The number of hydrogen-bond donors (Lipinski definition) is 1. The first kappa shape index (κ1) is 20.1. The quantitative estimate of drug-likeness (QED) is 0.683. The van der Waals surface area contributed by atoms with E-state index in [1.807, 2.05) is 17.0 Å². The van der Waals surface area contributed by atoms with Gasteiger partial charge in [-0.15, -0.1) is 6.58 Å². The van der Waals surface area contributed by atoms with Gasteiger partial charge in [0, 0.05) is 11.6 Å². The number of phenols is 1. The molecule has 3 rings (SSSR count). The number of allylic oxidation sites excluding steroid dienone is 1. The van der Waals surface area contributed by atoms with Crippen LogP contribution >= 0.6 is 11.8 Å². The lowest BCUT2D eigenvalue weighted by Crippen LogP contribution is -2.37. The third kappa shape index (κ3) is 4.43. The number of rotatable bonds is 4. The molecule has 4 heteroatoms. The number of benzene rings is 1. The van der Waals surface area contributed by atoms with Gasteiger partial charge in [-0.05, 0) is 54.0 Å². The summed E-state index contributed by atoms with van der Waals surface area (Å²) < 4.78 is 0. The van der Waals surface area contributed by atoms with Crippen molar-refractivity contribution in [1.29, 1.82) is 0 Å². The summed E-state index contributed by atoms with van der Waals surface area (Å²) in [4.78, 5) is 14.6. The highest BCUT2D eigenvalue weighted by Gasteiger charge is 2.33. The number of carbonyl (C=O) groups is 1. The first-order valence-electron chi connectivity index (χ1n) is 9.95. The van der Waals surface area contributed by atoms with Crippen LogP contribution in [0, 0.1) is 0 Å². The van der Waals surface area contributed by atoms with Gasteiger partial charge in [0.15, 0.2) is 0 Å². The summed E-state index contributed by atoms with van der Waals surface area (Å²) in [5.74, 6) is 1.13. The van der Waals surface area contributed by atoms with E-state index in [0.29, 0.717) is 24.0 Å². The van der Waals surface area contributed by atoms with Gasteiger partial charge in [0.05, 0.1) is 10.8 Å². The molecule has 0 atom stereocenters. The van der Waals surface area contributed by atoms with Gasteiger partial charge in [0.1, 0.15) is 5.75 Å². The zero-order valence-corrected chi connectivity index (χ0v) is 17.6. The molecule has 1 saturated heterocycles. The Bertz CT molecular complexity index is 754. The maximum Gasteiger partial charge on any atom is 0.238 e. The molecule has 1 aromatic rings. The van der Waals surface area contributed by atoms with Gasteiger partial charge >= 0.3 is 0 Å². The Labute approximate surface area is 167 Å². The molecular formula is C23H31NO2S. The van der Waals surface area contributed by atoms with E-state index >= 15 is 0 Å². The summed E-state index contributed by atoms with van der Waals surface area (Å²) in [5.41, 5.74) is 2.72. The largest absolute Gasteiger partial charge is 0.507 e. The fourth-order valence-electron chi connectivity index (χ4n) is 4.06. The smallest absolute Gasteiger partial charge is 0.238 e. The highest BCUT2D eigenvalue weighted by molar-refractivity contribution is 8.04. The molecule has 27 heavy (non-hydrogen) atoms. The van der Waals surface area contributed by atoms with Crippen LogP contribution in [0.15, 0.2) is 29.8 Å². The number of phenolic OH excluding ortho intramolecular Hbond substituents is 1. The lowest BCUT2D eigenvalue weighted by Gasteiger charge is -2.31. The van der Waals surface area contributed by atoms with Crippen LogP contribution in [0.2, 0.25) is 0 Å². The number of aromatic hydroxyl groups is 1. The van der Waals surface area contributed by atoms with Crippen molar-refractivity contribution < 1.29 is 9.90 Å². The average molecular weight is 386 g/mol. The maximum absolute atomic E-state index is 12.5. The summed E-state index contributed by atoms with van der Waals surface area (Å²) in [5, 5.41) is 11.8. The Morgan fingerprint density at radius 3 is 2.59 bits per heavy atom. The summed E-state index contributed by atoms with van der Waals surface area (Å²) in [6.07, 6.45) is 10.5. The van der Waals surface area contributed by atoms with E-state index in [0.717, 1.165) is 34.6 Å². The average Bonchev–Trinajstić information content (AvgIpc) is 2.98. The SMILES string of the molecule is C=CCc1cc(C=C2SCC(=O)N2C2CCCCC2)cc(C(C)(C)C)c1O. The summed E-state index contributed by atoms with van der Waals surface area (Å²) >= 11 is 1.64. The van der Waals surface area contributed by atoms with Crippen LogP contribution in [0.25, 0.3) is 6.08 Å². The Kier molecular flexibility index (Phi) is 6.05. The predicted octanol–water partition coefficient (Wildman–Crippen LogP) is 5.62. The van der Waals surface area contributed by atoms with Gasteiger partial charge in [0.25, 0.3) is 0 Å². The second kappa shape index (κ2) is 8.14. The zero-order chi connectivity index (χ0) is 19.6. The normalized spacial score (nSPS) is 20.5. The highest BCUT2D eigenvalue weighted by atomic mass is 32.2. The van der Waals surface area contributed by atoms with Gasteiger partial charge < -0.3 is 10.0 Å². The first-order valence-corrected chi connectivity index (χ1v) is 10.9. The fraction of sp³-hybridized carbons (Fsp3) is 0.522. The standard InChI is InChI=1S/C23H31NO2S/c1-5-9-17-12-16(13-19(22(17)26)23(2,3)4)14-21-24(20(25)15-27-21)18-10-7-6-8-11-18/h5,12-14,18,26H,1,6-11,15H2,2-4H3. The van der Waals surface area contributed by atoms with Crippen LogP contribution in [0.3, 0.4) is 0 Å². The molecule has 1 saturated carbocycles. The minimum atomic E-state index is -0.157. The topological polar surface area (TPSA) is 40.5 Å². The van der Waals surface area contributed by atoms with Gasteiger partial charge in [-0.25, -0.2) is 0 Å². The van der Waals surface area contributed by atoms with Crippen LogP contribution in [0.5, 0.6) is 5.75 Å². The zero-order valence-electron chi connectivity index (χ0n) is 16.8. The van der Waals surface area contributed by atoms with Crippen LogP contribution in [-0.2, 0) is 16.6 Å². The number of amides is 1. The molecule has 1 N–H and O–H groups in total. The van der Waals surface area contributed by atoms with E-state index in [1.165, 1.54) is 19.3 Å². The van der Waals surface area contributed by atoms with Crippen LogP contribution < -0.4 is 0 Å². The Hall–Kier alpha value is -1.68. The van der Waals surface area contributed by atoms with Crippen molar-refractivity contribution in [2.45, 2.75) is 70.8 Å². The number of nitrogens with zero attached hydrogens (tertiary/aromatic N) is 1. The van der Waals surface area contributed by atoms with Crippen LogP contribution in [0.1, 0.15) is 69.6 Å². The molecule has 3 nitrogen and oxygen atoms in total. The van der Waals surface area contributed by atoms with E-state index in [-0.39, 0.29) is 11.3 Å². The molecule has 146 valence electrons. The fourth-order valence-corrected chi connectivity index (χ4v) is 5.08. The Balaban J connectivity index is 2.00. The van der Waals surface area contributed by atoms with Gasteiger partial charge in [0.2, 0.25) is 5.91 Å². The Morgan fingerprint density at radius 2 is 1.96 bits per heavy atom. The first-order chi connectivity index (χ1) is 12.8. The highest BCUT2D eigenvalue weighted by Crippen LogP contribution is 2.39. The molecule has 0 bridgehead atoms. The van der Waals surface area contributed by atoms with Crippen molar-refractivity contribution in [3.8, 4) is 5.75 Å². The van der Waals surface area contributed by atoms with Crippen LogP contribution in [0.4, 0.5) is 0 Å². The predicted molar refractivity (Wildman–Crippen MR) is 115 cm³/mol. The lowest BCUT2D eigenvalue weighted by molar-refractivity contribution is -0.127. The van der Waals surface area contributed by atoms with E-state index in [2.05, 4.69) is 39.5 Å². The molecule has 1 aliphatic heterocycles. The second-order valence-electron chi connectivity index (χ2n) is 8.65. The second-order valence-corrected chi connectivity index (χ2v) is 9.64. The van der Waals surface area contributed by atoms with Crippen molar-refractivity contribution in [3.05, 3.63) is 46.5 Å².